The number of unbranched alkanes of at least 4 members (excludes halogenated alkanes) is 32. The molecule has 0 saturated heterocycles. The summed E-state index contributed by atoms with van der Waals surface area (Å²) in [6.07, 6.45) is 57.8. The van der Waals surface area contributed by atoms with Crippen molar-refractivity contribution in [2.45, 2.75) is 265 Å². The third-order valence-corrected chi connectivity index (χ3v) is 10.8. The van der Waals surface area contributed by atoms with Crippen molar-refractivity contribution in [2.75, 3.05) is 0 Å². The van der Waals surface area contributed by atoms with Gasteiger partial charge in [0, 0.05) is 18.1 Å². The van der Waals surface area contributed by atoms with Crippen LogP contribution in [-0.4, -0.2) is 0 Å². The Morgan fingerprint density at radius 2 is 0.596 bits per heavy atom. The molecule has 0 aliphatic rings. The van der Waals surface area contributed by atoms with E-state index in [0.29, 0.717) is 0 Å². The summed E-state index contributed by atoms with van der Waals surface area (Å²) >= 11 is 0. The van der Waals surface area contributed by atoms with Crippen LogP contribution in [0.15, 0.2) is 18.5 Å². The van der Waals surface area contributed by atoms with E-state index in [0.717, 1.165) is 0 Å². The lowest BCUT2D eigenvalue weighted by Gasteiger charge is -2.10. The number of aryl methyl sites for hydroxylation is 3. The van der Waals surface area contributed by atoms with E-state index in [9.17, 15) is 0 Å². The van der Waals surface area contributed by atoms with Crippen LogP contribution < -0.4 is 4.57 Å². The molecule has 0 N–H and O–H groups in total. The van der Waals surface area contributed by atoms with E-state index in [-0.39, 0.29) is 0 Å². The van der Waals surface area contributed by atoms with Crippen molar-refractivity contribution < 1.29 is 4.57 Å². The highest BCUT2D eigenvalue weighted by Crippen LogP contribution is 2.18. The maximum atomic E-state index is 2.56. The van der Waals surface area contributed by atoms with Crippen molar-refractivity contribution in [3.8, 4) is 0 Å². The minimum Gasteiger partial charge on any atom is -0.205 e. The standard InChI is InChI=1S/C46H88N/c1-4-7-10-13-16-19-22-24-27-30-33-36-39-45-41-43-47(42-38-35-32-29-26-21-18-15-12-9-6-3)44-46(45)40-37-34-31-28-25-23-20-17-14-11-8-5-2/h41,43-44H,4-40,42H2,1-3H3/q+1. The summed E-state index contributed by atoms with van der Waals surface area (Å²) in [6, 6.07) is 2.51. The van der Waals surface area contributed by atoms with E-state index >= 15 is 0 Å². The van der Waals surface area contributed by atoms with Crippen molar-refractivity contribution in [3.05, 3.63) is 29.6 Å². The summed E-state index contributed by atoms with van der Waals surface area (Å²) < 4.78 is 2.54. The highest BCUT2D eigenvalue weighted by Gasteiger charge is 2.10. The van der Waals surface area contributed by atoms with E-state index in [4.69, 9.17) is 0 Å². The Morgan fingerprint density at radius 3 is 0.936 bits per heavy atom. The zero-order valence-electron chi connectivity index (χ0n) is 33.0. The predicted octanol–water partition coefficient (Wildman–Crippen LogP) is 15.8. The first kappa shape index (κ1) is 44.2. The number of nitrogens with zero attached hydrogens (tertiary/aromatic N) is 1. The molecule has 1 aromatic heterocycles. The number of hydrogen-bond donors (Lipinski definition) is 0. The predicted molar refractivity (Wildman–Crippen MR) is 213 cm³/mol. The third kappa shape index (κ3) is 29.8. The fraction of sp³-hybridized carbons (Fsp3) is 0.891. The van der Waals surface area contributed by atoms with Crippen LogP contribution in [0.4, 0.5) is 0 Å². The van der Waals surface area contributed by atoms with E-state index in [2.05, 4.69) is 43.8 Å². The van der Waals surface area contributed by atoms with Crippen molar-refractivity contribution in [2.24, 2.45) is 0 Å². The minimum atomic E-state index is 1.21. The second-order valence-corrected chi connectivity index (χ2v) is 15.5. The molecule has 0 saturated carbocycles. The molecule has 0 bridgehead atoms. The maximum Gasteiger partial charge on any atom is 0.172 e. The second kappa shape index (κ2) is 36.4. The Balaban J connectivity index is 2.32. The fourth-order valence-corrected chi connectivity index (χ4v) is 7.50. The van der Waals surface area contributed by atoms with Crippen LogP contribution in [0.1, 0.15) is 257 Å². The lowest BCUT2D eigenvalue weighted by atomic mass is 9.97. The van der Waals surface area contributed by atoms with Crippen molar-refractivity contribution in [1.29, 1.82) is 0 Å². The second-order valence-electron chi connectivity index (χ2n) is 15.5. The normalized spacial score (nSPS) is 11.6. The first-order chi connectivity index (χ1) is 23.3. The van der Waals surface area contributed by atoms with Gasteiger partial charge in [-0.15, -0.1) is 0 Å². The van der Waals surface area contributed by atoms with Crippen molar-refractivity contribution in [1.82, 2.24) is 0 Å². The summed E-state index contributed by atoms with van der Waals surface area (Å²) in [6.45, 7) is 8.15. The summed E-state index contributed by atoms with van der Waals surface area (Å²) in [4.78, 5) is 0. The van der Waals surface area contributed by atoms with Gasteiger partial charge in [0.05, 0.1) is 0 Å². The van der Waals surface area contributed by atoms with Gasteiger partial charge in [0.2, 0.25) is 0 Å². The first-order valence-corrected chi connectivity index (χ1v) is 22.3. The molecule has 1 rings (SSSR count). The Kier molecular flexibility index (Phi) is 34.2. The summed E-state index contributed by atoms with van der Waals surface area (Å²) in [5.41, 5.74) is 3.33. The fourth-order valence-electron chi connectivity index (χ4n) is 7.50. The van der Waals surface area contributed by atoms with Gasteiger partial charge in [-0.1, -0.05) is 220 Å². The largest absolute Gasteiger partial charge is 0.205 e. The number of pyridine rings is 1. The van der Waals surface area contributed by atoms with Crippen LogP contribution in [0.5, 0.6) is 0 Å². The van der Waals surface area contributed by atoms with Crippen LogP contribution in [0, 0.1) is 0 Å². The smallest absolute Gasteiger partial charge is 0.172 e. The first-order valence-electron chi connectivity index (χ1n) is 22.3. The van der Waals surface area contributed by atoms with Crippen LogP contribution in [0.2, 0.25) is 0 Å². The zero-order valence-corrected chi connectivity index (χ0v) is 33.0. The van der Waals surface area contributed by atoms with Gasteiger partial charge in [0.15, 0.2) is 12.4 Å². The molecule has 1 nitrogen and oxygen atoms in total. The van der Waals surface area contributed by atoms with Crippen LogP contribution in [0.25, 0.3) is 0 Å². The average Bonchev–Trinajstić information content (AvgIpc) is 3.08. The zero-order chi connectivity index (χ0) is 33.7. The van der Waals surface area contributed by atoms with Crippen LogP contribution in [-0.2, 0) is 19.4 Å². The molecule has 0 unspecified atom stereocenters. The van der Waals surface area contributed by atoms with Crippen molar-refractivity contribution in [3.63, 3.8) is 0 Å². The van der Waals surface area contributed by atoms with Gasteiger partial charge < -0.3 is 0 Å². The Labute approximate surface area is 298 Å². The molecule has 1 heteroatoms. The third-order valence-electron chi connectivity index (χ3n) is 10.8. The molecular weight excluding hydrogens is 567 g/mol. The monoisotopic (exact) mass is 655 g/mol. The van der Waals surface area contributed by atoms with Gasteiger partial charge in [0.25, 0.3) is 0 Å². The SMILES string of the molecule is CCCCCCCCCCCCCCc1cc[n+](CCCCCCCCCCCCC)cc1CCCCCCCCCCCCCC. The molecule has 0 aromatic carbocycles. The number of hydrogen-bond acceptors (Lipinski definition) is 0. The topological polar surface area (TPSA) is 3.88 Å². The van der Waals surface area contributed by atoms with Crippen LogP contribution in [0.3, 0.4) is 0 Å². The molecule has 0 fully saturated rings. The Morgan fingerprint density at radius 1 is 0.319 bits per heavy atom. The summed E-state index contributed by atoms with van der Waals surface area (Å²) in [7, 11) is 0. The maximum absolute atomic E-state index is 2.56. The molecule has 0 amide bonds. The van der Waals surface area contributed by atoms with E-state index in [1.165, 1.54) is 244 Å². The molecule has 0 aliphatic carbocycles. The molecule has 0 aliphatic heterocycles. The molecular formula is C46H88N+. The van der Waals surface area contributed by atoms with Crippen LogP contribution >= 0.6 is 0 Å². The van der Waals surface area contributed by atoms with E-state index in [1.807, 2.05) is 0 Å². The molecule has 0 radical (unpaired) electrons. The van der Waals surface area contributed by atoms with Gasteiger partial charge in [-0.25, -0.2) is 4.57 Å². The minimum absolute atomic E-state index is 1.21. The molecule has 276 valence electrons. The molecule has 1 aromatic rings. The summed E-state index contributed by atoms with van der Waals surface area (Å²) in [5.74, 6) is 0. The molecule has 0 spiro atoms. The molecule has 0 atom stereocenters. The highest BCUT2D eigenvalue weighted by atomic mass is 14.9. The number of rotatable bonds is 38. The van der Waals surface area contributed by atoms with E-state index in [1.54, 1.807) is 11.1 Å². The van der Waals surface area contributed by atoms with Gasteiger partial charge >= 0.3 is 0 Å². The van der Waals surface area contributed by atoms with Gasteiger partial charge in [-0.3, -0.25) is 0 Å². The number of aromatic nitrogens is 1. The van der Waals surface area contributed by atoms with Gasteiger partial charge in [0.1, 0.15) is 6.54 Å². The van der Waals surface area contributed by atoms with Crippen molar-refractivity contribution >= 4 is 0 Å². The Hall–Kier alpha value is -0.850. The molecule has 47 heavy (non-hydrogen) atoms. The summed E-state index contributed by atoms with van der Waals surface area (Å²) in [5, 5.41) is 0. The quantitative estimate of drug-likeness (QED) is 0.0493. The average molecular weight is 655 g/mol. The van der Waals surface area contributed by atoms with Gasteiger partial charge in [-0.05, 0) is 37.7 Å². The van der Waals surface area contributed by atoms with Gasteiger partial charge in [-0.2, -0.15) is 0 Å². The van der Waals surface area contributed by atoms with E-state index < -0.39 is 0 Å². The molecule has 1 heterocycles. The lowest BCUT2D eigenvalue weighted by molar-refractivity contribution is -0.697. The highest BCUT2D eigenvalue weighted by molar-refractivity contribution is 5.21. The lowest BCUT2D eigenvalue weighted by Crippen LogP contribution is -2.34. The Bertz CT molecular complexity index is 739.